The molecular formula is C10H15BrO2. The SMILES string of the molecule is CC(CO)COC1=CC=C(Br)CC1. The van der Waals surface area contributed by atoms with Crippen LogP contribution < -0.4 is 0 Å². The number of hydrogen-bond donors (Lipinski definition) is 1. The van der Waals surface area contributed by atoms with E-state index in [1.165, 1.54) is 4.48 Å². The topological polar surface area (TPSA) is 29.5 Å². The molecule has 0 bridgehead atoms. The fourth-order valence-corrected chi connectivity index (χ4v) is 1.35. The first-order valence-electron chi connectivity index (χ1n) is 4.51. The molecule has 1 rings (SSSR count). The van der Waals surface area contributed by atoms with E-state index in [1.807, 2.05) is 19.1 Å². The molecular weight excluding hydrogens is 232 g/mol. The third-order valence-electron chi connectivity index (χ3n) is 1.93. The largest absolute Gasteiger partial charge is 0.498 e. The molecule has 0 radical (unpaired) electrons. The quantitative estimate of drug-likeness (QED) is 0.827. The van der Waals surface area contributed by atoms with Crippen molar-refractivity contribution in [1.82, 2.24) is 0 Å². The van der Waals surface area contributed by atoms with E-state index >= 15 is 0 Å². The molecule has 2 nitrogen and oxygen atoms in total. The van der Waals surface area contributed by atoms with Crippen molar-refractivity contribution in [3.8, 4) is 0 Å². The zero-order valence-corrected chi connectivity index (χ0v) is 9.38. The normalized spacial score (nSPS) is 19.0. The summed E-state index contributed by atoms with van der Waals surface area (Å²) in [4.78, 5) is 0. The molecule has 1 unspecified atom stereocenters. The van der Waals surface area contributed by atoms with Gasteiger partial charge >= 0.3 is 0 Å². The summed E-state index contributed by atoms with van der Waals surface area (Å²) in [6.07, 6.45) is 5.97. The predicted molar refractivity (Wildman–Crippen MR) is 56.5 cm³/mol. The molecule has 0 fully saturated rings. The Morgan fingerprint density at radius 2 is 2.31 bits per heavy atom. The van der Waals surface area contributed by atoms with Crippen LogP contribution in [0.15, 0.2) is 22.4 Å². The van der Waals surface area contributed by atoms with Crippen molar-refractivity contribution in [2.45, 2.75) is 19.8 Å². The van der Waals surface area contributed by atoms with Gasteiger partial charge in [-0.1, -0.05) is 22.9 Å². The highest BCUT2D eigenvalue weighted by atomic mass is 79.9. The molecule has 0 saturated carbocycles. The molecule has 0 saturated heterocycles. The first-order valence-corrected chi connectivity index (χ1v) is 5.30. The van der Waals surface area contributed by atoms with Crippen LogP contribution in [0.1, 0.15) is 19.8 Å². The van der Waals surface area contributed by atoms with Crippen molar-refractivity contribution in [1.29, 1.82) is 0 Å². The molecule has 0 heterocycles. The number of allylic oxidation sites excluding steroid dienone is 4. The van der Waals surface area contributed by atoms with Crippen LogP contribution in [0.3, 0.4) is 0 Å². The second-order valence-electron chi connectivity index (χ2n) is 3.35. The number of ether oxygens (including phenoxy) is 1. The second kappa shape index (κ2) is 5.45. The van der Waals surface area contributed by atoms with E-state index in [0.29, 0.717) is 6.61 Å². The number of aliphatic hydroxyl groups excluding tert-OH is 1. The Hall–Kier alpha value is -0.280. The maximum atomic E-state index is 8.79. The van der Waals surface area contributed by atoms with E-state index < -0.39 is 0 Å². The zero-order chi connectivity index (χ0) is 9.68. The first kappa shape index (κ1) is 10.8. The van der Waals surface area contributed by atoms with E-state index in [0.717, 1.165) is 18.6 Å². The molecule has 0 aromatic heterocycles. The van der Waals surface area contributed by atoms with Crippen LogP contribution in [0, 0.1) is 5.92 Å². The van der Waals surface area contributed by atoms with E-state index in [-0.39, 0.29) is 12.5 Å². The number of hydrogen-bond acceptors (Lipinski definition) is 2. The highest BCUT2D eigenvalue weighted by Gasteiger charge is 2.07. The maximum Gasteiger partial charge on any atom is 0.0963 e. The smallest absolute Gasteiger partial charge is 0.0963 e. The number of aliphatic hydroxyl groups is 1. The predicted octanol–water partition coefficient (Wildman–Crippen LogP) is 2.59. The van der Waals surface area contributed by atoms with Crippen LogP contribution in [-0.4, -0.2) is 18.3 Å². The van der Waals surface area contributed by atoms with E-state index in [2.05, 4.69) is 15.9 Å². The van der Waals surface area contributed by atoms with E-state index in [9.17, 15) is 0 Å². The molecule has 13 heavy (non-hydrogen) atoms. The molecule has 0 aliphatic heterocycles. The van der Waals surface area contributed by atoms with Gasteiger partial charge in [-0.2, -0.15) is 0 Å². The Kier molecular flexibility index (Phi) is 4.53. The summed E-state index contributed by atoms with van der Waals surface area (Å²) in [5.41, 5.74) is 0. The lowest BCUT2D eigenvalue weighted by molar-refractivity contribution is 0.123. The molecule has 0 amide bonds. The average molecular weight is 247 g/mol. The van der Waals surface area contributed by atoms with Gasteiger partial charge in [0.05, 0.1) is 12.4 Å². The molecule has 1 aliphatic rings. The summed E-state index contributed by atoms with van der Waals surface area (Å²) < 4.78 is 6.74. The highest BCUT2D eigenvalue weighted by molar-refractivity contribution is 9.11. The monoisotopic (exact) mass is 246 g/mol. The molecule has 74 valence electrons. The van der Waals surface area contributed by atoms with E-state index in [4.69, 9.17) is 9.84 Å². The van der Waals surface area contributed by atoms with Crippen LogP contribution >= 0.6 is 15.9 Å². The highest BCUT2D eigenvalue weighted by Crippen LogP contribution is 2.23. The third-order valence-corrected chi connectivity index (χ3v) is 2.59. The van der Waals surface area contributed by atoms with Crippen LogP contribution in [0.4, 0.5) is 0 Å². The van der Waals surface area contributed by atoms with Crippen molar-refractivity contribution in [3.63, 3.8) is 0 Å². The van der Waals surface area contributed by atoms with Gasteiger partial charge in [0.25, 0.3) is 0 Å². The average Bonchev–Trinajstić information content (AvgIpc) is 2.16. The maximum absolute atomic E-state index is 8.79. The standard InChI is InChI=1S/C10H15BrO2/c1-8(6-12)7-13-10-4-2-9(11)3-5-10/h2,4,8,12H,3,5-7H2,1H3. The number of halogens is 1. The van der Waals surface area contributed by atoms with Crippen LogP contribution in [0.2, 0.25) is 0 Å². The first-order chi connectivity index (χ1) is 6.22. The Morgan fingerprint density at radius 3 is 2.85 bits per heavy atom. The summed E-state index contributed by atoms with van der Waals surface area (Å²) >= 11 is 3.43. The summed E-state index contributed by atoms with van der Waals surface area (Å²) in [6, 6.07) is 0. The van der Waals surface area contributed by atoms with Gasteiger partial charge in [-0.3, -0.25) is 0 Å². The summed E-state index contributed by atoms with van der Waals surface area (Å²) in [7, 11) is 0. The van der Waals surface area contributed by atoms with Gasteiger partial charge in [0, 0.05) is 18.9 Å². The van der Waals surface area contributed by atoms with Gasteiger partial charge in [-0.25, -0.2) is 0 Å². The van der Waals surface area contributed by atoms with Crippen LogP contribution in [0.25, 0.3) is 0 Å². The van der Waals surface area contributed by atoms with Gasteiger partial charge < -0.3 is 9.84 Å². The fourth-order valence-electron chi connectivity index (χ4n) is 1.01. The van der Waals surface area contributed by atoms with Crippen molar-refractivity contribution >= 4 is 15.9 Å². The summed E-state index contributed by atoms with van der Waals surface area (Å²) in [5, 5.41) is 8.79. The van der Waals surface area contributed by atoms with Gasteiger partial charge in [-0.05, 0) is 23.1 Å². The Bertz CT molecular complexity index is 221. The Morgan fingerprint density at radius 1 is 1.54 bits per heavy atom. The molecule has 3 heteroatoms. The fraction of sp³-hybridized carbons (Fsp3) is 0.600. The molecule has 0 aromatic rings. The van der Waals surface area contributed by atoms with Gasteiger partial charge in [0.1, 0.15) is 0 Å². The second-order valence-corrected chi connectivity index (χ2v) is 4.36. The minimum atomic E-state index is 0.187. The molecule has 0 aromatic carbocycles. The Labute approximate surface area is 87.4 Å². The van der Waals surface area contributed by atoms with Crippen molar-refractivity contribution < 1.29 is 9.84 Å². The third kappa shape index (κ3) is 3.96. The van der Waals surface area contributed by atoms with Crippen molar-refractivity contribution in [2.24, 2.45) is 5.92 Å². The van der Waals surface area contributed by atoms with Gasteiger partial charge in [0.2, 0.25) is 0 Å². The van der Waals surface area contributed by atoms with Gasteiger partial charge in [-0.15, -0.1) is 0 Å². The zero-order valence-electron chi connectivity index (χ0n) is 7.79. The Balaban J connectivity index is 2.30. The molecule has 1 aliphatic carbocycles. The minimum Gasteiger partial charge on any atom is -0.498 e. The van der Waals surface area contributed by atoms with E-state index in [1.54, 1.807) is 0 Å². The van der Waals surface area contributed by atoms with Crippen molar-refractivity contribution in [2.75, 3.05) is 13.2 Å². The lowest BCUT2D eigenvalue weighted by Crippen LogP contribution is -2.10. The van der Waals surface area contributed by atoms with Crippen LogP contribution in [0.5, 0.6) is 0 Å². The molecule has 0 spiro atoms. The summed E-state index contributed by atoms with van der Waals surface area (Å²) in [5.74, 6) is 1.23. The lowest BCUT2D eigenvalue weighted by atomic mass is 10.1. The molecule has 1 N–H and O–H groups in total. The lowest BCUT2D eigenvalue weighted by Gasteiger charge is -2.15. The van der Waals surface area contributed by atoms with Gasteiger partial charge in [0.15, 0.2) is 0 Å². The van der Waals surface area contributed by atoms with Crippen molar-refractivity contribution in [3.05, 3.63) is 22.4 Å². The number of rotatable bonds is 4. The van der Waals surface area contributed by atoms with Crippen LogP contribution in [-0.2, 0) is 4.74 Å². The summed E-state index contributed by atoms with van der Waals surface area (Å²) in [6.45, 7) is 2.76. The minimum absolute atomic E-state index is 0.187. The molecule has 1 atom stereocenters.